The lowest BCUT2D eigenvalue weighted by Gasteiger charge is -2.20. The van der Waals surface area contributed by atoms with Gasteiger partial charge in [-0.05, 0) is 31.2 Å². The molecule has 0 radical (unpaired) electrons. The minimum absolute atomic E-state index is 0.936. The lowest BCUT2D eigenvalue weighted by atomic mass is 9.96. The van der Waals surface area contributed by atoms with Crippen molar-refractivity contribution in [3.05, 3.63) is 66.6 Å². The van der Waals surface area contributed by atoms with Crippen LogP contribution < -0.4 is 4.57 Å². The van der Waals surface area contributed by atoms with Crippen LogP contribution in [0.1, 0.15) is 5.56 Å². The zero-order chi connectivity index (χ0) is 19.3. The predicted molar refractivity (Wildman–Crippen MR) is 116 cm³/mol. The monoisotopic (exact) mass is 394 g/mol. The molecule has 0 saturated heterocycles. The Kier molecular flexibility index (Phi) is 2.82. The standard InChI is InChI=1S/C25H16NO2S/c1-13-21-19(11-14-8-10-27-24(13)14)29-20-12-17-15-5-3-4-6-18(15)28-25(17)16-7-9-26(2)23(21)22(16)20/h3-12H,1-2H3/q+1. The first kappa shape index (κ1) is 15.7. The molecular formula is C25H16NO2S+. The number of rotatable bonds is 0. The van der Waals surface area contributed by atoms with Crippen LogP contribution in [0, 0.1) is 6.92 Å². The molecule has 7 rings (SSSR count). The van der Waals surface area contributed by atoms with E-state index in [0.717, 1.165) is 22.1 Å². The van der Waals surface area contributed by atoms with Crippen LogP contribution >= 0.6 is 11.8 Å². The molecule has 138 valence electrons. The maximum atomic E-state index is 6.32. The molecular weight excluding hydrogens is 378 g/mol. The number of hydrogen-bond donors (Lipinski definition) is 0. The van der Waals surface area contributed by atoms with Crippen molar-refractivity contribution in [1.82, 2.24) is 0 Å². The van der Waals surface area contributed by atoms with E-state index in [-0.39, 0.29) is 0 Å². The summed E-state index contributed by atoms with van der Waals surface area (Å²) in [6.07, 6.45) is 3.92. The molecule has 0 bridgehead atoms. The van der Waals surface area contributed by atoms with Gasteiger partial charge >= 0.3 is 0 Å². The quantitative estimate of drug-likeness (QED) is 0.267. The van der Waals surface area contributed by atoms with Crippen LogP contribution in [-0.2, 0) is 7.05 Å². The van der Waals surface area contributed by atoms with Crippen LogP contribution in [0.4, 0.5) is 0 Å². The van der Waals surface area contributed by atoms with Crippen LogP contribution in [0.2, 0.25) is 0 Å². The second-order valence-electron chi connectivity index (χ2n) is 7.73. The summed E-state index contributed by atoms with van der Waals surface area (Å²) in [4.78, 5) is 2.55. The highest BCUT2D eigenvalue weighted by Crippen LogP contribution is 2.51. The van der Waals surface area contributed by atoms with Gasteiger partial charge in [0.15, 0.2) is 6.20 Å². The van der Waals surface area contributed by atoms with E-state index >= 15 is 0 Å². The molecule has 3 aromatic heterocycles. The van der Waals surface area contributed by atoms with Crippen molar-refractivity contribution in [2.45, 2.75) is 16.7 Å². The minimum Gasteiger partial charge on any atom is -0.464 e. The van der Waals surface area contributed by atoms with Gasteiger partial charge in [0, 0.05) is 43.0 Å². The molecule has 1 aliphatic rings. The third-order valence-electron chi connectivity index (χ3n) is 6.12. The fourth-order valence-electron chi connectivity index (χ4n) is 4.82. The van der Waals surface area contributed by atoms with E-state index in [1.807, 2.05) is 30.0 Å². The lowest BCUT2D eigenvalue weighted by Crippen LogP contribution is -2.31. The Balaban J connectivity index is 1.72. The smallest absolute Gasteiger partial charge is 0.223 e. The first-order valence-corrected chi connectivity index (χ1v) is 10.5. The fraction of sp³-hybridized carbons (Fsp3) is 0.0800. The molecule has 0 N–H and O–H groups in total. The van der Waals surface area contributed by atoms with Crippen molar-refractivity contribution in [3.8, 4) is 11.3 Å². The van der Waals surface area contributed by atoms with Gasteiger partial charge in [0.2, 0.25) is 5.69 Å². The number of aromatic nitrogens is 1. The van der Waals surface area contributed by atoms with Gasteiger partial charge in [-0.1, -0.05) is 30.0 Å². The van der Waals surface area contributed by atoms with E-state index in [1.165, 1.54) is 48.2 Å². The van der Waals surface area contributed by atoms with Gasteiger partial charge in [0.25, 0.3) is 0 Å². The number of pyridine rings is 1. The maximum Gasteiger partial charge on any atom is 0.223 e. The summed E-state index contributed by atoms with van der Waals surface area (Å²) in [5.74, 6) is 0. The van der Waals surface area contributed by atoms with Gasteiger partial charge in [0.1, 0.15) is 23.8 Å². The number of hydrogen-bond acceptors (Lipinski definition) is 3. The largest absolute Gasteiger partial charge is 0.464 e. The molecule has 0 saturated carbocycles. The summed E-state index contributed by atoms with van der Waals surface area (Å²) in [5.41, 5.74) is 6.54. The second kappa shape index (κ2) is 5.22. The fourth-order valence-corrected chi connectivity index (χ4v) is 6.08. The van der Waals surface area contributed by atoms with Crippen LogP contribution in [0.5, 0.6) is 0 Å². The second-order valence-corrected chi connectivity index (χ2v) is 8.81. The number of benzene rings is 3. The van der Waals surface area contributed by atoms with E-state index in [9.17, 15) is 0 Å². The predicted octanol–water partition coefficient (Wildman–Crippen LogP) is 6.75. The molecule has 4 heteroatoms. The van der Waals surface area contributed by atoms with Gasteiger partial charge in [-0.15, -0.1) is 0 Å². The molecule has 6 aromatic rings. The Morgan fingerprint density at radius 2 is 1.79 bits per heavy atom. The number of fused-ring (bicyclic) bond motifs is 7. The Morgan fingerprint density at radius 1 is 0.897 bits per heavy atom. The van der Waals surface area contributed by atoms with Crippen molar-refractivity contribution >= 4 is 55.4 Å². The maximum absolute atomic E-state index is 6.32. The molecule has 0 aliphatic carbocycles. The van der Waals surface area contributed by atoms with Crippen LogP contribution in [0.25, 0.3) is 54.9 Å². The Labute approximate surface area is 170 Å². The molecule has 0 atom stereocenters. The third-order valence-corrected chi connectivity index (χ3v) is 7.21. The van der Waals surface area contributed by atoms with Gasteiger partial charge in [-0.2, -0.15) is 0 Å². The molecule has 3 nitrogen and oxygen atoms in total. The van der Waals surface area contributed by atoms with Gasteiger partial charge in [-0.3, -0.25) is 0 Å². The lowest BCUT2D eigenvalue weighted by molar-refractivity contribution is -0.659. The van der Waals surface area contributed by atoms with Crippen LogP contribution in [0.15, 0.2) is 79.6 Å². The number of furan rings is 2. The average Bonchev–Trinajstić information content (AvgIpc) is 3.34. The normalized spacial score (nSPS) is 13.0. The zero-order valence-electron chi connectivity index (χ0n) is 15.9. The third kappa shape index (κ3) is 1.87. The van der Waals surface area contributed by atoms with Gasteiger partial charge in [-0.25, -0.2) is 4.57 Å². The zero-order valence-corrected chi connectivity index (χ0v) is 16.8. The molecule has 29 heavy (non-hydrogen) atoms. The highest BCUT2D eigenvalue weighted by atomic mass is 32.2. The number of para-hydroxylation sites is 1. The van der Waals surface area contributed by atoms with Crippen LogP contribution in [0.3, 0.4) is 0 Å². The SMILES string of the molecule is Cc1c2c(cc3ccoc13)Sc1cc3c4ccccc4oc3c3cc[n+](C)c-2c13. The molecule has 0 fully saturated rings. The average molecular weight is 394 g/mol. The minimum atomic E-state index is 0.936. The van der Waals surface area contributed by atoms with E-state index in [1.54, 1.807) is 6.26 Å². The summed E-state index contributed by atoms with van der Waals surface area (Å²) in [6.45, 7) is 2.16. The first-order chi connectivity index (χ1) is 14.2. The molecule has 0 unspecified atom stereocenters. The van der Waals surface area contributed by atoms with Gasteiger partial charge in [0.05, 0.1) is 17.2 Å². The van der Waals surface area contributed by atoms with E-state index in [0.29, 0.717) is 0 Å². The number of nitrogens with zero attached hydrogens (tertiary/aromatic N) is 1. The molecule has 3 aromatic carbocycles. The van der Waals surface area contributed by atoms with Crippen molar-refractivity contribution < 1.29 is 13.4 Å². The first-order valence-electron chi connectivity index (χ1n) is 9.66. The highest BCUT2D eigenvalue weighted by Gasteiger charge is 2.31. The van der Waals surface area contributed by atoms with E-state index in [4.69, 9.17) is 8.83 Å². The summed E-state index contributed by atoms with van der Waals surface area (Å²) in [5, 5.41) is 5.93. The Morgan fingerprint density at radius 3 is 2.72 bits per heavy atom. The van der Waals surface area contributed by atoms with Gasteiger partial charge < -0.3 is 8.83 Å². The van der Waals surface area contributed by atoms with Crippen molar-refractivity contribution in [1.29, 1.82) is 0 Å². The number of aryl methyl sites for hydroxylation is 2. The highest BCUT2D eigenvalue weighted by molar-refractivity contribution is 7.99. The topological polar surface area (TPSA) is 30.2 Å². The molecule has 1 aliphatic heterocycles. The van der Waals surface area contributed by atoms with Crippen molar-refractivity contribution in [2.75, 3.05) is 0 Å². The Bertz CT molecular complexity index is 1650. The summed E-state index contributed by atoms with van der Waals surface area (Å²) in [6, 6.07) is 17.1. The Hall–Kier alpha value is -3.24. The van der Waals surface area contributed by atoms with E-state index < -0.39 is 0 Å². The molecule has 4 heterocycles. The summed E-state index contributed by atoms with van der Waals surface area (Å²) >= 11 is 1.85. The molecule has 0 spiro atoms. The van der Waals surface area contributed by atoms with Crippen molar-refractivity contribution in [2.24, 2.45) is 7.05 Å². The van der Waals surface area contributed by atoms with E-state index in [2.05, 4.69) is 55.1 Å². The van der Waals surface area contributed by atoms with Crippen molar-refractivity contribution in [3.63, 3.8) is 0 Å². The molecule has 0 amide bonds. The summed E-state index contributed by atoms with van der Waals surface area (Å²) < 4.78 is 14.4. The van der Waals surface area contributed by atoms with Crippen LogP contribution in [-0.4, -0.2) is 0 Å². The summed E-state index contributed by atoms with van der Waals surface area (Å²) in [7, 11) is 2.12.